The van der Waals surface area contributed by atoms with Crippen LogP contribution in [0.4, 0.5) is 5.00 Å². The average molecular weight is 454 g/mol. The third kappa shape index (κ3) is 5.58. The minimum Gasteiger partial charge on any atom is -0.462 e. The second kappa shape index (κ2) is 10.5. The smallest absolute Gasteiger partial charge is 0.341 e. The third-order valence-corrected chi connectivity index (χ3v) is 7.44. The molecule has 0 unspecified atom stereocenters. The Balaban J connectivity index is 1.66. The number of amides is 1. The Bertz CT molecular complexity index is 876. The van der Waals surface area contributed by atoms with E-state index < -0.39 is 0 Å². The lowest BCUT2D eigenvalue weighted by Crippen LogP contribution is -2.17. The molecule has 2 N–H and O–H groups in total. The number of rotatable bonds is 9. The number of H-pyrrole nitrogens is 1. The molecule has 29 heavy (non-hydrogen) atoms. The average Bonchev–Trinajstić information content (AvgIpc) is 3.24. The maximum atomic E-state index is 12.6. The second-order valence-electron chi connectivity index (χ2n) is 6.83. The van der Waals surface area contributed by atoms with Crippen molar-refractivity contribution in [2.24, 2.45) is 0 Å². The molecule has 0 saturated carbocycles. The van der Waals surface area contributed by atoms with Crippen molar-refractivity contribution in [2.45, 2.75) is 51.1 Å². The number of hydrogen-bond acceptors (Lipinski definition) is 7. The highest BCUT2D eigenvalue weighted by Gasteiger charge is 2.27. The van der Waals surface area contributed by atoms with Crippen LogP contribution in [0.3, 0.4) is 0 Å². The van der Waals surface area contributed by atoms with E-state index in [4.69, 9.17) is 4.74 Å². The first-order valence-corrected chi connectivity index (χ1v) is 13.0. The van der Waals surface area contributed by atoms with Crippen molar-refractivity contribution in [3.8, 4) is 0 Å². The molecule has 2 aromatic heterocycles. The van der Waals surface area contributed by atoms with Gasteiger partial charge in [-0.2, -0.15) is 11.8 Å². The van der Waals surface area contributed by atoms with Crippen LogP contribution in [0, 0.1) is 6.92 Å². The molecule has 0 aromatic carbocycles. The number of thiophene rings is 1. The van der Waals surface area contributed by atoms with Gasteiger partial charge in [0.05, 0.1) is 23.6 Å². The number of nitrogens with zero attached hydrogens (tertiary/aromatic N) is 1. The van der Waals surface area contributed by atoms with E-state index in [1.54, 1.807) is 18.7 Å². The van der Waals surface area contributed by atoms with Crippen molar-refractivity contribution in [2.75, 3.05) is 29.7 Å². The van der Waals surface area contributed by atoms with Crippen LogP contribution in [-0.4, -0.2) is 46.2 Å². The zero-order chi connectivity index (χ0) is 20.8. The summed E-state index contributed by atoms with van der Waals surface area (Å²) in [5, 5.41) is 4.32. The summed E-state index contributed by atoms with van der Waals surface area (Å²) in [6.45, 7) is 4.13. The topological polar surface area (TPSA) is 84.1 Å². The van der Waals surface area contributed by atoms with Crippen LogP contribution >= 0.6 is 34.9 Å². The van der Waals surface area contributed by atoms with Gasteiger partial charge in [-0.15, -0.1) is 11.3 Å². The number of carbonyl (C=O) groups excluding carboxylic acids is 2. The molecule has 0 atom stereocenters. The maximum absolute atomic E-state index is 12.6. The minimum absolute atomic E-state index is 0.140. The Morgan fingerprint density at radius 1 is 1.31 bits per heavy atom. The molecule has 0 saturated heterocycles. The summed E-state index contributed by atoms with van der Waals surface area (Å²) in [5.41, 5.74) is 3.72. The summed E-state index contributed by atoms with van der Waals surface area (Å²) < 4.78 is 5.25. The highest BCUT2D eigenvalue weighted by molar-refractivity contribution is 7.99. The van der Waals surface area contributed by atoms with Crippen molar-refractivity contribution in [1.82, 2.24) is 9.97 Å². The molecule has 6 nitrogen and oxygen atoms in total. The van der Waals surface area contributed by atoms with Crippen LogP contribution in [0.25, 0.3) is 0 Å². The molecule has 1 amide bonds. The lowest BCUT2D eigenvalue weighted by molar-refractivity contribution is -0.113. The molecule has 158 valence electrons. The van der Waals surface area contributed by atoms with Crippen molar-refractivity contribution >= 4 is 51.7 Å². The summed E-state index contributed by atoms with van der Waals surface area (Å²) in [6, 6.07) is 0. The molecule has 3 rings (SSSR count). The number of fused-ring (bicyclic) bond motifs is 1. The van der Waals surface area contributed by atoms with Gasteiger partial charge in [0.25, 0.3) is 0 Å². The highest BCUT2D eigenvalue weighted by atomic mass is 32.2. The standard InChI is InChI=1S/C20H27N3O3S3/c1-4-26-19(25)17-13-7-5-6-8-15(13)29-18(17)23-16(24)11-28-20-21-12(2)14(22-20)9-10-27-3/h4-11H2,1-3H3,(H,21,22)(H,23,24). The molecule has 0 spiro atoms. The Kier molecular flexibility index (Phi) is 8.08. The number of ether oxygens (including phenoxy) is 1. The Morgan fingerprint density at radius 3 is 2.86 bits per heavy atom. The molecule has 9 heteroatoms. The van der Waals surface area contributed by atoms with Gasteiger partial charge in [-0.1, -0.05) is 11.8 Å². The van der Waals surface area contributed by atoms with Crippen LogP contribution in [0.2, 0.25) is 0 Å². The predicted octanol–water partition coefficient (Wildman–Crippen LogP) is 4.47. The quantitative estimate of drug-likeness (QED) is 0.430. The van der Waals surface area contributed by atoms with Crippen LogP contribution in [0.15, 0.2) is 5.16 Å². The van der Waals surface area contributed by atoms with Crippen molar-refractivity contribution in [3.63, 3.8) is 0 Å². The third-order valence-electron chi connectivity index (χ3n) is 4.75. The molecule has 0 fully saturated rings. The number of aromatic amines is 1. The van der Waals surface area contributed by atoms with Gasteiger partial charge in [-0.25, -0.2) is 9.78 Å². The monoisotopic (exact) mass is 453 g/mol. The molecule has 0 radical (unpaired) electrons. The van der Waals surface area contributed by atoms with Gasteiger partial charge >= 0.3 is 5.97 Å². The van der Waals surface area contributed by atoms with Gasteiger partial charge in [-0.3, -0.25) is 4.79 Å². The molecule has 0 bridgehead atoms. The van der Waals surface area contributed by atoms with Crippen molar-refractivity contribution in [3.05, 3.63) is 27.4 Å². The van der Waals surface area contributed by atoms with E-state index in [0.29, 0.717) is 17.2 Å². The number of aryl methyl sites for hydroxylation is 3. The van der Waals surface area contributed by atoms with E-state index in [1.807, 2.05) is 6.92 Å². The van der Waals surface area contributed by atoms with Gasteiger partial charge in [-0.05, 0) is 57.1 Å². The lowest BCUT2D eigenvalue weighted by atomic mass is 9.95. The fourth-order valence-corrected chi connectivity index (χ4v) is 5.78. The summed E-state index contributed by atoms with van der Waals surface area (Å²) in [7, 11) is 0. The summed E-state index contributed by atoms with van der Waals surface area (Å²) >= 11 is 4.68. The fraction of sp³-hybridized carbons (Fsp3) is 0.550. The SMILES string of the molecule is CCOC(=O)c1c(NC(=O)CSc2nc(CCSC)c(C)[nH]2)sc2c1CCCC2. The van der Waals surface area contributed by atoms with E-state index in [9.17, 15) is 9.59 Å². The van der Waals surface area contributed by atoms with Crippen molar-refractivity contribution in [1.29, 1.82) is 0 Å². The van der Waals surface area contributed by atoms with E-state index in [1.165, 1.54) is 28.0 Å². The van der Waals surface area contributed by atoms with E-state index in [0.717, 1.165) is 60.0 Å². The van der Waals surface area contributed by atoms with E-state index >= 15 is 0 Å². The molecule has 2 heterocycles. The summed E-state index contributed by atoms with van der Waals surface area (Å²) in [5.74, 6) is 0.782. The van der Waals surface area contributed by atoms with Gasteiger partial charge in [0.15, 0.2) is 5.16 Å². The first-order chi connectivity index (χ1) is 14.0. The first-order valence-electron chi connectivity index (χ1n) is 9.82. The van der Waals surface area contributed by atoms with Crippen LogP contribution in [0.1, 0.15) is 52.0 Å². The number of nitrogens with one attached hydrogen (secondary N) is 2. The van der Waals surface area contributed by atoms with E-state index in [2.05, 4.69) is 21.5 Å². The normalized spacial score (nSPS) is 13.2. The molecule has 2 aromatic rings. The molecular weight excluding hydrogens is 426 g/mol. The molecule has 1 aliphatic rings. The molecule has 0 aliphatic heterocycles. The zero-order valence-corrected chi connectivity index (χ0v) is 19.5. The minimum atomic E-state index is -0.338. The van der Waals surface area contributed by atoms with Crippen LogP contribution in [0.5, 0.6) is 0 Å². The maximum Gasteiger partial charge on any atom is 0.341 e. The zero-order valence-electron chi connectivity index (χ0n) is 17.1. The number of anilines is 1. The lowest BCUT2D eigenvalue weighted by Gasteiger charge is -2.12. The number of carbonyl (C=O) groups is 2. The largest absolute Gasteiger partial charge is 0.462 e. The Morgan fingerprint density at radius 2 is 2.10 bits per heavy atom. The molecule has 1 aliphatic carbocycles. The summed E-state index contributed by atoms with van der Waals surface area (Å²) in [6.07, 6.45) is 7.01. The van der Waals surface area contributed by atoms with Gasteiger partial charge in [0.2, 0.25) is 5.91 Å². The van der Waals surface area contributed by atoms with Crippen molar-refractivity contribution < 1.29 is 14.3 Å². The highest BCUT2D eigenvalue weighted by Crippen LogP contribution is 2.38. The number of aromatic nitrogens is 2. The number of hydrogen-bond donors (Lipinski definition) is 2. The van der Waals surface area contributed by atoms with Gasteiger partial charge in [0.1, 0.15) is 5.00 Å². The fourth-order valence-electron chi connectivity index (χ4n) is 3.35. The van der Waals surface area contributed by atoms with E-state index in [-0.39, 0.29) is 17.6 Å². The molecular formula is C20H27N3O3S3. The summed E-state index contributed by atoms with van der Waals surface area (Å²) in [4.78, 5) is 34.1. The Hall–Kier alpha value is -1.45. The van der Waals surface area contributed by atoms with Crippen LogP contribution < -0.4 is 5.32 Å². The second-order valence-corrected chi connectivity index (χ2v) is 9.88. The number of imidazole rings is 1. The van der Waals surface area contributed by atoms with Gasteiger partial charge in [0, 0.05) is 17.0 Å². The number of esters is 1. The first kappa shape index (κ1) is 22.2. The predicted molar refractivity (Wildman–Crippen MR) is 122 cm³/mol. The van der Waals surface area contributed by atoms with Crippen LogP contribution in [-0.2, 0) is 28.8 Å². The Labute approximate surface area is 184 Å². The number of thioether (sulfide) groups is 2. The van der Waals surface area contributed by atoms with Gasteiger partial charge < -0.3 is 15.0 Å².